The number of aryl methyl sites for hydroxylation is 1. The molecule has 0 atom stereocenters. The van der Waals surface area contributed by atoms with Crippen molar-refractivity contribution in [1.29, 1.82) is 0 Å². The Labute approximate surface area is 87.4 Å². The van der Waals surface area contributed by atoms with Crippen LogP contribution >= 0.6 is 0 Å². The van der Waals surface area contributed by atoms with Gasteiger partial charge in [-0.05, 0) is 6.92 Å². The molecular weight excluding hydrogens is 247 g/mol. The highest BCUT2D eigenvalue weighted by Gasteiger charge is 2.49. The maximum atomic E-state index is 12.7. The van der Waals surface area contributed by atoms with Gasteiger partial charge in [0.2, 0.25) is 0 Å². The summed E-state index contributed by atoms with van der Waals surface area (Å²) >= 11 is 0. The van der Waals surface area contributed by atoms with Gasteiger partial charge in [0.25, 0.3) is 10.0 Å². The lowest BCUT2D eigenvalue weighted by atomic mass is 10.1. The molecule has 0 fully saturated rings. The van der Waals surface area contributed by atoms with Gasteiger partial charge in [-0.25, -0.2) is 8.42 Å². The maximum absolute atomic E-state index is 12.7. The van der Waals surface area contributed by atoms with E-state index in [2.05, 4.69) is 0 Å². The largest absolute Gasteiger partial charge is 0.453 e. The summed E-state index contributed by atoms with van der Waals surface area (Å²) in [5.74, 6) is 0. The minimum Gasteiger partial charge on any atom is -0.453 e. The zero-order chi connectivity index (χ0) is 11.9. The summed E-state index contributed by atoms with van der Waals surface area (Å²) in [6.07, 6.45) is -4.74. The van der Waals surface area contributed by atoms with Gasteiger partial charge < -0.3 is 4.42 Å². The van der Waals surface area contributed by atoms with Gasteiger partial charge >= 0.3 is 6.18 Å². The molecule has 4 nitrogen and oxygen atoms in total. The Kier molecular flexibility index (Phi) is 1.40. The van der Waals surface area contributed by atoms with E-state index in [1.165, 1.54) is 6.92 Å². The van der Waals surface area contributed by atoms with Crippen molar-refractivity contribution >= 4 is 26.9 Å². The van der Waals surface area contributed by atoms with Crippen LogP contribution in [0.1, 0.15) is 11.1 Å². The number of benzene rings is 1. The van der Waals surface area contributed by atoms with Gasteiger partial charge in [0.05, 0.1) is 5.69 Å². The molecule has 86 valence electrons. The minimum absolute atomic E-state index is 0.123. The molecular formula is C8H4F3NO3S. The molecule has 0 radical (unpaired) electrons. The lowest BCUT2D eigenvalue weighted by molar-refractivity contribution is -0.138. The van der Waals surface area contributed by atoms with Crippen LogP contribution in [0.3, 0.4) is 0 Å². The van der Waals surface area contributed by atoms with Crippen molar-refractivity contribution in [2.24, 2.45) is 0 Å². The zero-order valence-corrected chi connectivity index (χ0v) is 8.58. The molecule has 1 N–H and O–H groups in total. The minimum atomic E-state index is -4.74. The van der Waals surface area contributed by atoms with Crippen LogP contribution in [0.25, 0.3) is 11.2 Å². The predicted octanol–water partition coefficient (Wildman–Crippen LogP) is 2.31. The number of hydrogen-bond donors (Lipinski definition) is 1. The van der Waals surface area contributed by atoms with E-state index in [0.717, 1.165) is 0 Å². The number of anilines is 1. The quantitative estimate of drug-likeness (QED) is 0.781. The van der Waals surface area contributed by atoms with Crippen molar-refractivity contribution in [2.75, 3.05) is 4.72 Å². The number of furan rings is 2. The maximum Gasteiger partial charge on any atom is 0.421 e. The summed E-state index contributed by atoms with van der Waals surface area (Å²) in [5.41, 5.74) is -1.53. The van der Waals surface area contributed by atoms with Gasteiger partial charge in [0.1, 0.15) is 16.0 Å². The fraction of sp³-hybridized carbons (Fsp3) is 0.250. The molecule has 2 bridgehead atoms. The van der Waals surface area contributed by atoms with Gasteiger partial charge in [0, 0.05) is 5.56 Å². The fourth-order valence-corrected chi connectivity index (χ4v) is 3.43. The topological polar surface area (TPSA) is 59.3 Å². The number of fused-ring (bicyclic) bond motifs is 1. The van der Waals surface area contributed by atoms with Gasteiger partial charge in [-0.15, -0.1) is 0 Å². The van der Waals surface area contributed by atoms with E-state index in [0.29, 0.717) is 0 Å². The third-order valence-corrected chi connectivity index (χ3v) is 4.00. The Morgan fingerprint density at radius 2 is 1.88 bits per heavy atom. The summed E-state index contributed by atoms with van der Waals surface area (Å²) in [5, 5.41) is 0. The Bertz CT molecular complexity index is 698. The molecule has 2 aromatic heterocycles. The Morgan fingerprint density at radius 1 is 1.25 bits per heavy atom. The predicted molar refractivity (Wildman–Crippen MR) is 47.9 cm³/mol. The number of sulfonamides is 1. The average molecular weight is 251 g/mol. The van der Waals surface area contributed by atoms with E-state index in [9.17, 15) is 21.6 Å². The first kappa shape index (κ1) is 9.76. The average Bonchev–Trinajstić information content (AvgIpc) is 2.66. The monoisotopic (exact) mass is 251 g/mol. The normalized spacial score (nSPS) is 18.2. The standard InChI is InChI=1S/C8H4F3NO3S/c1-2-4-6-7(16(13,14)12-4)3(5(2)15-6)8(9,10)11/h12H,1H3. The molecule has 2 aromatic rings. The van der Waals surface area contributed by atoms with Crippen molar-refractivity contribution in [3.8, 4) is 0 Å². The molecule has 1 aliphatic heterocycles. The van der Waals surface area contributed by atoms with E-state index in [1.807, 2.05) is 4.72 Å². The molecule has 8 heteroatoms. The first-order valence-corrected chi connectivity index (χ1v) is 5.70. The molecule has 0 saturated carbocycles. The van der Waals surface area contributed by atoms with Crippen molar-refractivity contribution in [1.82, 2.24) is 0 Å². The van der Waals surface area contributed by atoms with Crippen LogP contribution in [-0.2, 0) is 16.2 Å². The second-order valence-corrected chi connectivity index (χ2v) is 5.19. The highest BCUT2D eigenvalue weighted by atomic mass is 32.2. The van der Waals surface area contributed by atoms with Crippen molar-refractivity contribution in [3.05, 3.63) is 11.1 Å². The molecule has 3 rings (SSSR count). The smallest absolute Gasteiger partial charge is 0.421 e. The lowest BCUT2D eigenvalue weighted by Gasteiger charge is -2.05. The van der Waals surface area contributed by atoms with E-state index < -0.39 is 32.2 Å². The van der Waals surface area contributed by atoms with Crippen molar-refractivity contribution in [2.45, 2.75) is 18.0 Å². The molecule has 0 aliphatic carbocycles. The summed E-state index contributed by atoms with van der Waals surface area (Å²) in [4.78, 5) is -0.782. The molecule has 1 aliphatic rings. The van der Waals surface area contributed by atoms with Crippen LogP contribution in [0.15, 0.2) is 9.31 Å². The highest BCUT2D eigenvalue weighted by Crippen LogP contribution is 2.52. The number of rotatable bonds is 0. The zero-order valence-electron chi connectivity index (χ0n) is 7.77. The number of halogens is 3. The summed E-state index contributed by atoms with van der Waals surface area (Å²) in [6.45, 7) is 1.38. The first-order chi connectivity index (χ1) is 7.23. The third kappa shape index (κ3) is 0.885. The lowest BCUT2D eigenvalue weighted by Crippen LogP contribution is -2.12. The number of nitrogens with one attached hydrogen (secondary N) is 1. The van der Waals surface area contributed by atoms with E-state index in [1.54, 1.807) is 0 Å². The van der Waals surface area contributed by atoms with Gasteiger partial charge in [-0.2, -0.15) is 13.2 Å². The van der Waals surface area contributed by atoms with Crippen LogP contribution < -0.4 is 4.72 Å². The Morgan fingerprint density at radius 3 is 2.44 bits per heavy atom. The second-order valence-electron chi connectivity index (χ2n) is 3.57. The Hall–Kier alpha value is -1.44. The molecule has 0 aromatic carbocycles. The van der Waals surface area contributed by atoms with E-state index >= 15 is 0 Å². The van der Waals surface area contributed by atoms with Crippen LogP contribution in [0.2, 0.25) is 0 Å². The first-order valence-electron chi connectivity index (χ1n) is 4.22. The molecule has 0 unspecified atom stereocenters. The second kappa shape index (κ2) is 2.29. The van der Waals surface area contributed by atoms with Crippen LogP contribution in [0, 0.1) is 6.92 Å². The summed E-state index contributed by atoms with van der Waals surface area (Å²) in [7, 11) is -4.13. The summed E-state index contributed by atoms with van der Waals surface area (Å²) in [6, 6.07) is 0. The fourth-order valence-electron chi connectivity index (χ4n) is 1.95. The van der Waals surface area contributed by atoms with Crippen molar-refractivity contribution < 1.29 is 26.0 Å². The third-order valence-electron chi connectivity index (χ3n) is 2.60. The number of hydrogen-bond acceptors (Lipinski definition) is 3. The van der Waals surface area contributed by atoms with E-state index in [-0.39, 0.29) is 16.8 Å². The molecule has 0 amide bonds. The van der Waals surface area contributed by atoms with Crippen LogP contribution in [-0.4, -0.2) is 8.42 Å². The summed E-state index contributed by atoms with van der Waals surface area (Å²) < 4.78 is 68.0. The van der Waals surface area contributed by atoms with Gasteiger partial charge in [0.15, 0.2) is 5.58 Å². The molecule has 3 heterocycles. The molecule has 16 heavy (non-hydrogen) atoms. The van der Waals surface area contributed by atoms with Crippen molar-refractivity contribution in [3.63, 3.8) is 0 Å². The highest BCUT2D eigenvalue weighted by molar-refractivity contribution is 7.93. The molecule has 0 spiro atoms. The van der Waals surface area contributed by atoms with Crippen LogP contribution in [0.4, 0.5) is 18.9 Å². The molecule has 0 saturated heterocycles. The Balaban J connectivity index is 2.53. The van der Waals surface area contributed by atoms with Gasteiger partial charge in [-0.1, -0.05) is 0 Å². The SMILES string of the molecule is Cc1c2c3oc1c(C(F)(F)F)c3S(=O)(=O)N2. The number of alkyl halides is 3. The van der Waals surface area contributed by atoms with E-state index in [4.69, 9.17) is 4.42 Å². The van der Waals surface area contributed by atoms with Gasteiger partial charge in [-0.3, -0.25) is 4.72 Å². The van der Waals surface area contributed by atoms with Crippen LogP contribution in [0.5, 0.6) is 0 Å².